The van der Waals surface area contributed by atoms with E-state index < -0.39 is 68.8 Å². The summed E-state index contributed by atoms with van der Waals surface area (Å²) in [7, 11) is -4.12. The number of hydrogen-bond donors (Lipinski definition) is 5. The third-order valence-electron chi connectivity index (χ3n) is 16.0. The van der Waals surface area contributed by atoms with Gasteiger partial charge in [-0.15, -0.1) is 6.58 Å². The van der Waals surface area contributed by atoms with E-state index in [1.165, 1.54) is 4.31 Å². The summed E-state index contributed by atoms with van der Waals surface area (Å²) in [5, 5.41) is 10.00. The van der Waals surface area contributed by atoms with Gasteiger partial charge in [-0.25, -0.2) is 4.72 Å². The summed E-state index contributed by atoms with van der Waals surface area (Å²) in [5.74, 6) is -3.17. The monoisotopic (exact) mass is 845 g/mol. The summed E-state index contributed by atoms with van der Waals surface area (Å²) in [6, 6.07) is 4.33. The fraction of sp³-hybridized carbons (Fsp3) is 0.667. The zero-order chi connectivity index (χ0) is 43.0. The number of nitrogens with zero attached hydrogens (tertiary/aromatic N) is 2. The van der Waals surface area contributed by atoms with Gasteiger partial charge in [0.15, 0.2) is 0 Å². The first-order chi connectivity index (χ1) is 28.3. The molecular formula is C45H63N7O7S. The summed E-state index contributed by atoms with van der Waals surface area (Å²) in [4.78, 5) is 77.1. The van der Waals surface area contributed by atoms with Gasteiger partial charge >= 0.3 is 10.2 Å². The second-order valence-electron chi connectivity index (χ2n) is 20.3. The lowest BCUT2D eigenvalue weighted by atomic mass is 9.73. The number of rotatable bonds is 12. The van der Waals surface area contributed by atoms with E-state index in [1.807, 2.05) is 39.1 Å². The Morgan fingerprint density at radius 2 is 1.62 bits per heavy atom. The number of likely N-dealkylation sites (tertiary alicyclic amines) is 1. The zero-order valence-electron chi connectivity index (χ0n) is 35.8. The van der Waals surface area contributed by atoms with Gasteiger partial charge in [-0.2, -0.15) is 12.7 Å². The maximum Gasteiger partial charge on any atom is 0.303 e. The van der Waals surface area contributed by atoms with E-state index in [2.05, 4.69) is 46.1 Å². The molecule has 4 aliphatic carbocycles. The number of fused-ring (bicyclic) bond motifs is 2. The Morgan fingerprint density at radius 1 is 0.917 bits per heavy atom. The Bertz CT molecular complexity index is 2200. The lowest BCUT2D eigenvalue weighted by Crippen LogP contribution is -2.62. The summed E-state index contributed by atoms with van der Waals surface area (Å²) in [6.45, 7) is 14.9. The minimum atomic E-state index is -4.12. The lowest BCUT2D eigenvalue weighted by Gasteiger charge is -2.38. The molecule has 3 heterocycles. The first-order valence-electron chi connectivity index (χ1n) is 22.1. The van der Waals surface area contributed by atoms with Gasteiger partial charge < -0.3 is 25.8 Å². The van der Waals surface area contributed by atoms with Crippen LogP contribution < -0.4 is 20.7 Å². The molecule has 2 spiro atoms. The van der Waals surface area contributed by atoms with E-state index in [4.69, 9.17) is 0 Å². The number of aromatic amines is 1. The second-order valence-corrected chi connectivity index (χ2v) is 22.0. The van der Waals surface area contributed by atoms with Gasteiger partial charge in [-0.3, -0.25) is 24.0 Å². The average molecular weight is 846 g/mol. The molecule has 5 amide bonds. The standard InChI is InChI=1S/C45H63N7O7S/c1-7-31-25-45(31,40(57)50-60(58,59)51-22-11-12-23-51)49-37(54)33-26-44(42(5,6)43(44)19-13-20-43)27-52(33)39(56)35(41(2,3)4)48-38(55)34(28-14-9-8-10-15-28)47-36(53)30-16-17-32-29(24-30)18-21-46-32/h7,16-18,21,24,28,31,33-35,46H,1,8-15,19-20,22-23,25-27H2,2-6H3,(H,47,53)(H,48,55)(H,49,54)(H,50,57)/t31-,33+,34+,35-,44-,45-/m1/s1. The number of carbonyl (C=O) groups excluding carboxylic acids is 5. The Balaban J connectivity index is 1.06. The van der Waals surface area contributed by atoms with Crippen LogP contribution in [0.15, 0.2) is 43.1 Å². The highest BCUT2D eigenvalue weighted by Gasteiger charge is 2.85. The van der Waals surface area contributed by atoms with Crippen molar-refractivity contribution in [3.05, 3.63) is 48.7 Å². The highest BCUT2D eigenvalue weighted by Crippen LogP contribution is 2.88. The van der Waals surface area contributed by atoms with Crippen LogP contribution in [0, 0.1) is 33.5 Å². The molecule has 2 aromatic rings. The van der Waals surface area contributed by atoms with Crippen LogP contribution in [0.4, 0.5) is 0 Å². The topological polar surface area (TPSA) is 190 Å². The Labute approximate surface area is 354 Å². The molecule has 6 fully saturated rings. The molecule has 5 N–H and O–H groups in total. The molecule has 14 nitrogen and oxygen atoms in total. The lowest BCUT2D eigenvalue weighted by molar-refractivity contribution is -0.145. The van der Waals surface area contributed by atoms with Gasteiger partial charge in [-0.1, -0.05) is 66.4 Å². The Morgan fingerprint density at radius 3 is 2.22 bits per heavy atom. The Hall–Kier alpha value is -4.24. The molecule has 6 atom stereocenters. The van der Waals surface area contributed by atoms with Crippen LogP contribution in [-0.2, 0) is 29.4 Å². The maximum absolute atomic E-state index is 15.3. The van der Waals surface area contributed by atoms with E-state index >= 15 is 4.79 Å². The van der Waals surface area contributed by atoms with Crippen LogP contribution in [0.3, 0.4) is 0 Å². The van der Waals surface area contributed by atoms with Crippen LogP contribution in [0.2, 0.25) is 0 Å². The molecule has 60 heavy (non-hydrogen) atoms. The van der Waals surface area contributed by atoms with E-state index in [0.29, 0.717) is 44.5 Å². The van der Waals surface area contributed by atoms with E-state index in [9.17, 15) is 27.6 Å². The molecule has 1 aromatic heterocycles. The fourth-order valence-electron chi connectivity index (χ4n) is 11.9. The van der Waals surface area contributed by atoms with Crippen LogP contribution in [-0.4, -0.2) is 95.4 Å². The van der Waals surface area contributed by atoms with Crippen molar-refractivity contribution in [3.63, 3.8) is 0 Å². The fourth-order valence-corrected chi connectivity index (χ4v) is 13.2. The van der Waals surface area contributed by atoms with Crippen molar-refractivity contribution in [2.24, 2.45) is 33.5 Å². The average Bonchev–Trinajstić information content (AvgIpc) is 3.60. The zero-order valence-corrected chi connectivity index (χ0v) is 36.6. The van der Waals surface area contributed by atoms with E-state index in [1.54, 1.807) is 23.1 Å². The molecule has 15 heteroatoms. The molecule has 4 saturated carbocycles. The minimum absolute atomic E-state index is 0.0318. The number of aromatic nitrogens is 1. The van der Waals surface area contributed by atoms with Gasteiger partial charge in [0.2, 0.25) is 17.7 Å². The predicted molar refractivity (Wildman–Crippen MR) is 227 cm³/mol. The molecule has 1 aromatic carbocycles. The summed E-state index contributed by atoms with van der Waals surface area (Å²) >= 11 is 0. The SMILES string of the molecule is C=C[C@@H]1C[C@]1(NC(=O)[C@@H]1C[C@@]2(CN1C(=O)[C@@H](NC(=O)[C@@H](NC(=O)c1ccc3[nH]ccc3c1)C1CCCCC1)C(C)(C)C)C(C)(C)C21CCC1)C(=O)NS(=O)(=O)N1CCCC1. The smallest absolute Gasteiger partial charge is 0.303 e. The van der Waals surface area contributed by atoms with Gasteiger partial charge in [0.05, 0.1) is 0 Å². The maximum atomic E-state index is 15.3. The molecule has 0 radical (unpaired) electrons. The van der Waals surface area contributed by atoms with Gasteiger partial charge in [0.1, 0.15) is 23.7 Å². The van der Waals surface area contributed by atoms with E-state index in [-0.39, 0.29) is 34.5 Å². The van der Waals surface area contributed by atoms with Crippen LogP contribution in [0.1, 0.15) is 122 Å². The molecule has 8 rings (SSSR count). The summed E-state index contributed by atoms with van der Waals surface area (Å²) < 4.78 is 29.9. The molecule has 326 valence electrons. The summed E-state index contributed by atoms with van der Waals surface area (Å²) in [5.41, 5.74) is -1.54. The molecule has 2 saturated heterocycles. The Kier molecular flexibility index (Phi) is 10.6. The quantitative estimate of drug-likeness (QED) is 0.192. The normalized spacial score (nSPS) is 29.4. The third kappa shape index (κ3) is 6.85. The molecule has 0 unspecified atom stereocenters. The van der Waals surface area contributed by atoms with Gasteiger partial charge in [0.25, 0.3) is 11.8 Å². The number of amides is 5. The molecule has 6 aliphatic rings. The van der Waals surface area contributed by atoms with Crippen LogP contribution in [0.5, 0.6) is 0 Å². The number of carbonyl (C=O) groups is 5. The molecule has 2 aliphatic heterocycles. The molecule has 0 bridgehead atoms. The van der Waals surface area contributed by atoms with Crippen molar-refractivity contribution in [3.8, 4) is 0 Å². The largest absolute Gasteiger partial charge is 0.361 e. The van der Waals surface area contributed by atoms with Gasteiger partial charge in [-0.05, 0) is 97.8 Å². The predicted octanol–water partition coefficient (Wildman–Crippen LogP) is 4.69. The third-order valence-corrected chi connectivity index (χ3v) is 17.5. The first kappa shape index (κ1) is 42.5. The van der Waals surface area contributed by atoms with Crippen molar-refractivity contribution in [1.82, 2.24) is 34.9 Å². The van der Waals surface area contributed by atoms with E-state index in [0.717, 1.165) is 62.3 Å². The highest BCUT2D eigenvalue weighted by atomic mass is 32.2. The van der Waals surface area contributed by atoms with Crippen molar-refractivity contribution in [2.75, 3.05) is 19.6 Å². The number of benzene rings is 1. The van der Waals surface area contributed by atoms with Crippen molar-refractivity contribution >= 4 is 50.6 Å². The van der Waals surface area contributed by atoms with Crippen molar-refractivity contribution in [1.29, 1.82) is 0 Å². The number of H-pyrrole nitrogens is 1. The van der Waals surface area contributed by atoms with Crippen molar-refractivity contribution in [2.45, 2.75) is 135 Å². The van der Waals surface area contributed by atoms with Crippen LogP contribution >= 0.6 is 0 Å². The summed E-state index contributed by atoms with van der Waals surface area (Å²) in [6.07, 6.45) is 12.8. The van der Waals surface area contributed by atoms with Gasteiger partial charge in [0, 0.05) is 53.6 Å². The highest BCUT2D eigenvalue weighted by molar-refractivity contribution is 7.87. The molecular weight excluding hydrogens is 783 g/mol. The second kappa shape index (κ2) is 15.0. The first-order valence-corrected chi connectivity index (χ1v) is 23.5. The minimum Gasteiger partial charge on any atom is -0.361 e. The number of hydrogen-bond acceptors (Lipinski definition) is 7. The van der Waals surface area contributed by atoms with Crippen LogP contribution in [0.25, 0.3) is 10.9 Å². The number of nitrogens with one attached hydrogen (secondary N) is 5. The van der Waals surface area contributed by atoms with Crippen molar-refractivity contribution < 1.29 is 32.4 Å².